The van der Waals surface area contributed by atoms with Gasteiger partial charge in [-0.15, -0.1) is 0 Å². The van der Waals surface area contributed by atoms with Gasteiger partial charge < -0.3 is 25.2 Å². The van der Waals surface area contributed by atoms with Gasteiger partial charge in [-0.25, -0.2) is 4.79 Å². The van der Waals surface area contributed by atoms with E-state index in [9.17, 15) is 14.4 Å². The maximum atomic E-state index is 10.3. The third kappa shape index (κ3) is 11.8. The topological polar surface area (TPSA) is 164 Å². The number of morpholine rings is 1. The highest BCUT2D eigenvalue weighted by Crippen LogP contribution is 2.24. The number of carboxylic acids is 3. The number of likely N-dealkylation sites (N-methyl/N-ethyl adjacent to an activating group) is 1. The van der Waals surface area contributed by atoms with Crippen LogP contribution >= 0.6 is 0 Å². The first-order valence-corrected chi connectivity index (χ1v) is 13.9. The summed E-state index contributed by atoms with van der Waals surface area (Å²) in [5.74, 6) is -5.02. The Morgan fingerprint density at radius 2 is 1.73 bits per heavy atom. The van der Waals surface area contributed by atoms with Gasteiger partial charge in [0.05, 0.1) is 31.7 Å². The fraction of sp³-hybridized carbons (Fsp3) is 0.714. The van der Waals surface area contributed by atoms with Crippen LogP contribution in [0.5, 0.6) is 0 Å². The van der Waals surface area contributed by atoms with E-state index in [2.05, 4.69) is 52.6 Å². The number of hydrogen-bond donors (Lipinski definition) is 4. The number of nitrogens with zero attached hydrogens (tertiary/aromatic N) is 4. The van der Waals surface area contributed by atoms with Crippen molar-refractivity contribution in [2.75, 3.05) is 59.0 Å². The van der Waals surface area contributed by atoms with E-state index in [1.54, 1.807) is 0 Å². The summed E-state index contributed by atoms with van der Waals surface area (Å²) in [6, 6.07) is 6.96. The maximum Gasteiger partial charge on any atom is 0.336 e. The summed E-state index contributed by atoms with van der Waals surface area (Å²) in [5.41, 5.74) is -1.31. The molecule has 12 nitrogen and oxygen atoms in total. The Balaban J connectivity index is 0.000000366. The molecule has 3 heterocycles. The summed E-state index contributed by atoms with van der Waals surface area (Å²) in [7, 11) is 0. The van der Waals surface area contributed by atoms with Crippen molar-refractivity contribution in [2.45, 2.75) is 64.6 Å². The average molecular weight is 567 g/mol. The Bertz CT molecular complexity index is 923. The van der Waals surface area contributed by atoms with Crippen molar-refractivity contribution in [3.63, 3.8) is 0 Å². The number of pyridine rings is 1. The van der Waals surface area contributed by atoms with Crippen molar-refractivity contribution in [1.82, 2.24) is 19.7 Å². The van der Waals surface area contributed by atoms with Crippen LogP contribution in [-0.2, 0) is 25.7 Å². The Morgan fingerprint density at radius 3 is 2.25 bits per heavy atom. The van der Waals surface area contributed by atoms with E-state index >= 15 is 0 Å². The predicted octanol–water partition coefficient (Wildman–Crippen LogP) is 1.48. The molecule has 2 aliphatic rings. The summed E-state index contributed by atoms with van der Waals surface area (Å²) < 4.78 is 5.52. The predicted molar refractivity (Wildman–Crippen MR) is 148 cm³/mol. The van der Waals surface area contributed by atoms with Gasteiger partial charge in [0.1, 0.15) is 0 Å². The minimum Gasteiger partial charge on any atom is -0.481 e. The zero-order valence-electron chi connectivity index (χ0n) is 24.0. The van der Waals surface area contributed by atoms with Crippen LogP contribution in [-0.4, -0.2) is 129 Å². The third-order valence-electron chi connectivity index (χ3n) is 7.18. The summed E-state index contributed by atoms with van der Waals surface area (Å²) in [4.78, 5) is 43.0. The van der Waals surface area contributed by atoms with Gasteiger partial charge in [-0.2, -0.15) is 0 Å². The number of aromatic nitrogens is 1. The lowest BCUT2D eigenvalue weighted by Gasteiger charge is -2.39. The Hall–Kier alpha value is -2.64. The molecule has 3 rings (SSSR count). The van der Waals surface area contributed by atoms with Gasteiger partial charge in [-0.05, 0) is 43.5 Å². The van der Waals surface area contributed by atoms with Gasteiger partial charge in [-0.3, -0.25) is 29.3 Å². The van der Waals surface area contributed by atoms with E-state index < -0.39 is 36.4 Å². The van der Waals surface area contributed by atoms with Crippen LogP contribution in [0.2, 0.25) is 0 Å². The molecular formula is C28H46N4O8. The second-order valence-electron chi connectivity index (χ2n) is 11.4. The van der Waals surface area contributed by atoms with Crippen molar-refractivity contribution >= 4 is 17.9 Å². The molecule has 1 aromatic rings. The molecule has 4 N–H and O–H groups in total. The van der Waals surface area contributed by atoms with E-state index in [0.29, 0.717) is 6.04 Å². The van der Waals surface area contributed by atoms with Crippen LogP contribution in [0, 0.1) is 5.41 Å². The quantitative estimate of drug-likeness (QED) is 0.257. The minimum absolute atomic E-state index is 0.252. The Labute approximate surface area is 236 Å². The Kier molecular flexibility index (Phi) is 13.4. The molecule has 1 aromatic heterocycles. The number of carbonyl (C=O) groups is 3. The summed E-state index contributed by atoms with van der Waals surface area (Å²) in [6.07, 6.45) is 2.30. The van der Waals surface area contributed by atoms with E-state index in [1.807, 2.05) is 12.3 Å². The van der Waals surface area contributed by atoms with Gasteiger partial charge >= 0.3 is 17.9 Å². The van der Waals surface area contributed by atoms with Crippen LogP contribution in [0.4, 0.5) is 0 Å². The minimum atomic E-state index is -2.74. The van der Waals surface area contributed by atoms with Crippen LogP contribution in [0.15, 0.2) is 24.4 Å². The first kappa shape index (κ1) is 33.6. The summed E-state index contributed by atoms with van der Waals surface area (Å²) >= 11 is 0. The molecule has 2 aliphatic heterocycles. The van der Waals surface area contributed by atoms with Crippen molar-refractivity contribution in [1.29, 1.82) is 0 Å². The maximum absolute atomic E-state index is 10.3. The van der Waals surface area contributed by atoms with E-state index in [-0.39, 0.29) is 5.41 Å². The molecule has 0 bridgehead atoms. The normalized spacial score (nSPS) is 18.8. The zero-order valence-corrected chi connectivity index (χ0v) is 24.0. The number of likely N-dealkylation sites (tertiary alicyclic amines) is 1. The zero-order chi connectivity index (χ0) is 29.8. The molecule has 12 heteroatoms. The lowest BCUT2D eigenvalue weighted by atomic mass is 9.91. The first-order valence-electron chi connectivity index (χ1n) is 13.9. The van der Waals surface area contributed by atoms with Crippen molar-refractivity contribution in [3.8, 4) is 0 Å². The smallest absolute Gasteiger partial charge is 0.336 e. The van der Waals surface area contributed by atoms with Crippen LogP contribution < -0.4 is 0 Å². The molecule has 0 aliphatic carbocycles. The lowest BCUT2D eigenvalue weighted by Crippen LogP contribution is -2.48. The molecule has 0 aromatic carbocycles. The van der Waals surface area contributed by atoms with E-state index in [1.165, 1.54) is 31.6 Å². The van der Waals surface area contributed by atoms with Crippen LogP contribution in [0.1, 0.15) is 52.1 Å². The standard InChI is InChI=1S/C22H38N4O.C6H8O7/c1-4-26-11-7-9-21(26)17-25(16-20-8-5-6-10-23-20)19-22(2,3)18-24-12-14-27-15-13-24;7-3(8)1-6(13,5(11)12)2-4(9)10/h5-6,8,10,21H,4,7,9,11-19H2,1-3H3;13H,1-2H2,(H,7,8)(H,9,10)(H,11,12). The number of aliphatic carboxylic acids is 3. The number of hydrogen-bond acceptors (Lipinski definition) is 9. The van der Waals surface area contributed by atoms with Gasteiger partial charge in [-0.1, -0.05) is 26.8 Å². The first-order chi connectivity index (χ1) is 18.8. The second-order valence-corrected chi connectivity index (χ2v) is 11.4. The molecule has 0 spiro atoms. The van der Waals surface area contributed by atoms with Gasteiger partial charge in [0.25, 0.3) is 0 Å². The molecule has 0 radical (unpaired) electrons. The van der Waals surface area contributed by atoms with Gasteiger partial charge in [0, 0.05) is 51.5 Å². The molecule has 40 heavy (non-hydrogen) atoms. The Morgan fingerprint density at radius 1 is 1.07 bits per heavy atom. The SMILES string of the molecule is CCN1CCCC1CN(Cc1ccccn1)CC(C)(C)CN1CCOCC1.O=C(O)CC(O)(CC(=O)O)C(=O)O. The number of rotatable bonds is 14. The highest BCUT2D eigenvalue weighted by Gasteiger charge is 2.40. The molecular weight excluding hydrogens is 520 g/mol. The summed E-state index contributed by atoms with van der Waals surface area (Å²) in [5, 5.41) is 33.8. The molecule has 1 atom stereocenters. The number of ether oxygens (including phenoxy) is 1. The van der Waals surface area contributed by atoms with Crippen LogP contribution in [0.25, 0.3) is 0 Å². The van der Waals surface area contributed by atoms with E-state index in [0.717, 1.165) is 52.5 Å². The molecule has 0 saturated carbocycles. The molecule has 2 fully saturated rings. The van der Waals surface area contributed by atoms with Crippen molar-refractivity contribution in [2.24, 2.45) is 5.41 Å². The molecule has 2 saturated heterocycles. The highest BCUT2D eigenvalue weighted by molar-refractivity contribution is 5.88. The monoisotopic (exact) mass is 566 g/mol. The van der Waals surface area contributed by atoms with Gasteiger partial charge in [0.15, 0.2) is 5.60 Å². The molecule has 1 unspecified atom stereocenters. The van der Waals surface area contributed by atoms with Gasteiger partial charge in [0.2, 0.25) is 0 Å². The summed E-state index contributed by atoms with van der Waals surface area (Å²) in [6.45, 7) is 17.8. The average Bonchev–Trinajstić information content (AvgIpc) is 3.31. The number of aliphatic hydroxyl groups is 1. The fourth-order valence-corrected chi connectivity index (χ4v) is 5.46. The second kappa shape index (κ2) is 16.0. The molecule has 0 amide bonds. The fourth-order valence-electron chi connectivity index (χ4n) is 5.46. The van der Waals surface area contributed by atoms with Crippen LogP contribution in [0.3, 0.4) is 0 Å². The highest BCUT2D eigenvalue weighted by atomic mass is 16.5. The van der Waals surface area contributed by atoms with Crippen molar-refractivity contribution in [3.05, 3.63) is 30.1 Å². The largest absolute Gasteiger partial charge is 0.481 e. The van der Waals surface area contributed by atoms with Crippen molar-refractivity contribution < 1.29 is 39.5 Å². The van der Waals surface area contributed by atoms with E-state index in [4.69, 9.17) is 25.2 Å². The third-order valence-corrected chi connectivity index (χ3v) is 7.18. The number of carboxylic acid groups (broad SMARTS) is 3. The molecule has 226 valence electrons. The lowest BCUT2D eigenvalue weighted by molar-refractivity contribution is -0.170.